The van der Waals surface area contributed by atoms with Crippen molar-refractivity contribution >= 4 is 18.0 Å². The van der Waals surface area contributed by atoms with E-state index in [1.807, 2.05) is 0 Å². The summed E-state index contributed by atoms with van der Waals surface area (Å²) < 4.78 is 4.95. The Hall–Kier alpha value is -2.64. The summed E-state index contributed by atoms with van der Waals surface area (Å²) in [6, 6.07) is 3.82. The molecule has 0 bridgehead atoms. The molecule has 0 radical (unpaired) electrons. The number of carbonyl (C=O) groups excluding carboxylic acids is 1. The maximum Gasteiger partial charge on any atom is 0.409 e. The molecule has 0 atom stereocenters. The third-order valence-electron chi connectivity index (χ3n) is 3.64. The molecule has 23 heavy (non-hydrogen) atoms. The van der Waals surface area contributed by atoms with Gasteiger partial charge in [-0.2, -0.15) is 0 Å². The average molecular weight is 321 g/mol. The second kappa shape index (κ2) is 7.57. The van der Waals surface area contributed by atoms with E-state index in [2.05, 4.69) is 4.99 Å². The molecule has 1 aliphatic rings. The predicted octanol–water partition coefficient (Wildman–Crippen LogP) is 2.34. The molecule has 0 spiro atoms. The van der Waals surface area contributed by atoms with Crippen LogP contribution >= 0.6 is 0 Å². The van der Waals surface area contributed by atoms with E-state index in [-0.39, 0.29) is 23.6 Å². The number of hydrogen-bond donors (Lipinski definition) is 1. The Balaban J connectivity index is 1.96. The number of rotatable bonds is 4. The van der Waals surface area contributed by atoms with Gasteiger partial charge in [0.25, 0.3) is 5.69 Å². The number of carbonyl (C=O) groups is 1. The quantitative estimate of drug-likeness (QED) is 0.520. The highest BCUT2D eigenvalue weighted by atomic mass is 16.6. The van der Waals surface area contributed by atoms with E-state index >= 15 is 0 Å². The number of aromatic hydroxyl groups is 1. The molecule has 0 aliphatic carbocycles. The SMILES string of the molecule is CCOC(=O)N1CCC(N=Cc2cc([N+](=O)[O-])ccc2O)CC1. The lowest BCUT2D eigenvalue weighted by atomic mass is 10.1. The van der Waals surface area contributed by atoms with E-state index in [4.69, 9.17) is 4.74 Å². The smallest absolute Gasteiger partial charge is 0.409 e. The highest BCUT2D eigenvalue weighted by Crippen LogP contribution is 2.22. The molecule has 1 aromatic rings. The fourth-order valence-corrected chi connectivity index (χ4v) is 2.36. The van der Waals surface area contributed by atoms with Gasteiger partial charge in [0.05, 0.1) is 17.6 Å². The van der Waals surface area contributed by atoms with Crippen LogP contribution in [0.15, 0.2) is 23.2 Å². The summed E-state index contributed by atoms with van der Waals surface area (Å²) in [4.78, 5) is 27.8. The molecule has 1 aromatic carbocycles. The third kappa shape index (κ3) is 4.41. The summed E-state index contributed by atoms with van der Waals surface area (Å²) >= 11 is 0. The molecule has 1 heterocycles. The van der Waals surface area contributed by atoms with Crippen molar-refractivity contribution in [2.24, 2.45) is 4.99 Å². The second-order valence-corrected chi connectivity index (χ2v) is 5.20. The Labute approximate surface area is 133 Å². The topological polar surface area (TPSA) is 105 Å². The summed E-state index contributed by atoms with van der Waals surface area (Å²) in [5, 5.41) is 20.5. The minimum absolute atomic E-state index is 0.0133. The zero-order valence-corrected chi connectivity index (χ0v) is 12.8. The van der Waals surface area contributed by atoms with Gasteiger partial charge in [-0.25, -0.2) is 4.79 Å². The molecule has 2 rings (SSSR count). The van der Waals surface area contributed by atoms with Crippen LogP contribution in [0.25, 0.3) is 0 Å². The standard InChI is InChI=1S/C15H19N3O5/c1-2-23-15(20)17-7-5-12(6-8-17)16-10-11-9-13(18(21)22)3-4-14(11)19/h3-4,9-10,12,19H,2,5-8H2,1H3. The molecule has 1 N–H and O–H groups in total. The van der Waals surface area contributed by atoms with Gasteiger partial charge in [0.15, 0.2) is 0 Å². The Morgan fingerprint density at radius 3 is 2.83 bits per heavy atom. The van der Waals surface area contributed by atoms with Crippen molar-refractivity contribution < 1.29 is 19.6 Å². The number of benzene rings is 1. The fourth-order valence-electron chi connectivity index (χ4n) is 2.36. The van der Waals surface area contributed by atoms with Crippen molar-refractivity contribution in [3.63, 3.8) is 0 Å². The largest absolute Gasteiger partial charge is 0.507 e. The third-order valence-corrected chi connectivity index (χ3v) is 3.64. The van der Waals surface area contributed by atoms with Crippen LogP contribution in [0, 0.1) is 10.1 Å². The minimum Gasteiger partial charge on any atom is -0.507 e. The summed E-state index contributed by atoms with van der Waals surface area (Å²) in [6.45, 7) is 3.23. The lowest BCUT2D eigenvalue weighted by Gasteiger charge is -2.29. The van der Waals surface area contributed by atoms with Crippen molar-refractivity contribution in [3.8, 4) is 5.75 Å². The molecule has 124 valence electrons. The molecule has 1 fully saturated rings. The number of aliphatic imine (C=N–C) groups is 1. The lowest BCUT2D eigenvalue weighted by molar-refractivity contribution is -0.384. The van der Waals surface area contributed by atoms with E-state index in [1.54, 1.807) is 11.8 Å². The van der Waals surface area contributed by atoms with E-state index in [1.165, 1.54) is 24.4 Å². The normalized spacial score (nSPS) is 15.8. The van der Waals surface area contributed by atoms with E-state index in [0.29, 0.717) is 38.1 Å². The number of phenols is 1. The Bertz CT molecular complexity index is 609. The summed E-state index contributed by atoms with van der Waals surface area (Å²) in [6.07, 6.45) is 2.51. The molecular formula is C15H19N3O5. The first-order valence-electron chi connectivity index (χ1n) is 7.43. The number of piperidine rings is 1. The Kier molecular flexibility index (Phi) is 5.51. The van der Waals surface area contributed by atoms with Crippen LogP contribution in [0.5, 0.6) is 5.75 Å². The molecule has 0 unspecified atom stereocenters. The Morgan fingerprint density at radius 2 is 2.22 bits per heavy atom. The van der Waals surface area contributed by atoms with Crippen LogP contribution in [0.2, 0.25) is 0 Å². The number of hydrogen-bond acceptors (Lipinski definition) is 6. The number of ether oxygens (including phenoxy) is 1. The number of nitrogens with zero attached hydrogens (tertiary/aromatic N) is 3. The van der Waals surface area contributed by atoms with Crippen LogP contribution in [-0.2, 0) is 4.74 Å². The van der Waals surface area contributed by atoms with E-state index in [0.717, 1.165) is 0 Å². The van der Waals surface area contributed by atoms with Crippen molar-refractivity contribution in [1.29, 1.82) is 0 Å². The molecule has 8 nitrogen and oxygen atoms in total. The van der Waals surface area contributed by atoms with Gasteiger partial charge in [0.2, 0.25) is 0 Å². The van der Waals surface area contributed by atoms with E-state index in [9.17, 15) is 20.0 Å². The van der Waals surface area contributed by atoms with Crippen molar-refractivity contribution in [3.05, 3.63) is 33.9 Å². The van der Waals surface area contributed by atoms with Crippen molar-refractivity contribution in [2.75, 3.05) is 19.7 Å². The van der Waals surface area contributed by atoms with Crippen LogP contribution in [0.3, 0.4) is 0 Å². The number of amides is 1. The van der Waals surface area contributed by atoms with Gasteiger partial charge in [-0.3, -0.25) is 15.1 Å². The van der Waals surface area contributed by atoms with Gasteiger partial charge in [-0.1, -0.05) is 0 Å². The number of nitro benzene ring substituents is 1. The van der Waals surface area contributed by atoms with Crippen molar-refractivity contribution in [2.45, 2.75) is 25.8 Å². The van der Waals surface area contributed by atoms with Gasteiger partial charge in [-0.05, 0) is 25.8 Å². The van der Waals surface area contributed by atoms with Crippen molar-refractivity contribution in [1.82, 2.24) is 4.90 Å². The summed E-state index contributed by atoms with van der Waals surface area (Å²) in [5.74, 6) is -0.0525. The zero-order chi connectivity index (χ0) is 16.8. The monoisotopic (exact) mass is 321 g/mol. The van der Waals surface area contributed by atoms with Gasteiger partial charge in [-0.15, -0.1) is 0 Å². The maximum atomic E-state index is 11.6. The second-order valence-electron chi connectivity index (χ2n) is 5.20. The number of likely N-dealkylation sites (tertiary alicyclic amines) is 1. The molecule has 1 saturated heterocycles. The van der Waals surface area contributed by atoms with E-state index < -0.39 is 4.92 Å². The highest BCUT2D eigenvalue weighted by molar-refractivity contribution is 5.84. The molecule has 0 aromatic heterocycles. The number of nitro groups is 1. The Morgan fingerprint density at radius 1 is 1.52 bits per heavy atom. The first kappa shape index (κ1) is 16.7. The van der Waals surface area contributed by atoms with Gasteiger partial charge < -0.3 is 14.7 Å². The van der Waals surface area contributed by atoms with Gasteiger partial charge in [0.1, 0.15) is 5.75 Å². The highest BCUT2D eigenvalue weighted by Gasteiger charge is 2.22. The average Bonchev–Trinajstić information content (AvgIpc) is 2.54. The number of non-ortho nitro benzene ring substituents is 1. The van der Waals surface area contributed by atoms with Gasteiger partial charge >= 0.3 is 6.09 Å². The van der Waals surface area contributed by atoms with Gasteiger partial charge in [0, 0.05) is 37.0 Å². The summed E-state index contributed by atoms with van der Waals surface area (Å²) in [5.41, 5.74) is 0.216. The van der Waals surface area contributed by atoms with Crippen LogP contribution in [-0.4, -0.2) is 53.0 Å². The first-order chi connectivity index (χ1) is 11.0. The molecule has 1 aliphatic heterocycles. The molecule has 0 saturated carbocycles. The lowest BCUT2D eigenvalue weighted by Crippen LogP contribution is -2.40. The molecular weight excluding hydrogens is 302 g/mol. The van der Waals surface area contributed by atoms with Crippen LogP contribution in [0.1, 0.15) is 25.3 Å². The molecule has 8 heteroatoms. The fraction of sp³-hybridized carbons (Fsp3) is 0.467. The predicted molar refractivity (Wildman–Crippen MR) is 84.0 cm³/mol. The van der Waals surface area contributed by atoms with Crippen LogP contribution < -0.4 is 0 Å². The van der Waals surface area contributed by atoms with Crippen LogP contribution in [0.4, 0.5) is 10.5 Å². The first-order valence-corrected chi connectivity index (χ1v) is 7.43. The summed E-state index contributed by atoms with van der Waals surface area (Å²) in [7, 11) is 0. The zero-order valence-electron chi connectivity index (χ0n) is 12.8. The molecule has 1 amide bonds. The number of phenolic OH excluding ortho intramolecular Hbond substituents is 1. The minimum atomic E-state index is -0.519. The maximum absolute atomic E-state index is 11.6.